The van der Waals surface area contributed by atoms with Crippen molar-refractivity contribution in [3.63, 3.8) is 0 Å². The molecule has 1 amide bonds. The summed E-state index contributed by atoms with van der Waals surface area (Å²) < 4.78 is 8.37. The molecule has 34 heavy (non-hydrogen) atoms. The smallest absolute Gasteiger partial charge is 0.221 e. The van der Waals surface area contributed by atoms with Gasteiger partial charge >= 0.3 is 0 Å². The summed E-state index contributed by atoms with van der Waals surface area (Å²) in [6.07, 6.45) is 2.59. The molecule has 0 aliphatic rings. The number of benzene rings is 3. The third-order valence-electron chi connectivity index (χ3n) is 6.55. The second-order valence-electron chi connectivity index (χ2n) is 9.23. The summed E-state index contributed by atoms with van der Waals surface area (Å²) in [4.78, 5) is 13.2. The summed E-state index contributed by atoms with van der Waals surface area (Å²) >= 11 is 0. The second kappa shape index (κ2) is 10.6. The molecule has 0 fully saturated rings. The number of hydrogen-bond donors (Lipinski definition) is 1. The number of fused-ring (bicyclic) bond motifs is 1. The predicted molar refractivity (Wildman–Crippen MR) is 139 cm³/mol. The molecule has 0 aliphatic carbocycles. The van der Waals surface area contributed by atoms with E-state index in [0.29, 0.717) is 12.3 Å². The van der Waals surface area contributed by atoms with E-state index in [0.717, 1.165) is 23.6 Å². The average Bonchev–Trinajstić information content (AvgIpc) is 3.22. The zero-order valence-corrected chi connectivity index (χ0v) is 20.5. The molecule has 3 aromatic carbocycles. The molecule has 1 aromatic heterocycles. The van der Waals surface area contributed by atoms with E-state index in [2.05, 4.69) is 80.2 Å². The number of hydrogen-bond acceptors (Lipinski definition) is 2. The minimum atomic E-state index is -0.0867. The number of para-hydroxylation sites is 2. The Morgan fingerprint density at radius 3 is 2.35 bits per heavy atom. The highest BCUT2D eigenvalue weighted by atomic mass is 16.5. The molecular formula is C30H34N2O2. The van der Waals surface area contributed by atoms with E-state index in [1.165, 1.54) is 16.5 Å². The standard InChI is InChI=1S/C30H34N2O2/c1-5-32-20-28(26-16-9-10-17-29(26)32)27(19-30(33)31-22(4)21(2)3)23-12-11-15-25(18-23)34-24-13-7-6-8-14-24/h6-18,20-22,27H,5,19H2,1-4H3,(H,31,33). The molecule has 1 heterocycles. The summed E-state index contributed by atoms with van der Waals surface area (Å²) in [7, 11) is 0. The van der Waals surface area contributed by atoms with Crippen molar-refractivity contribution in [1.82, 2.24) is 9.88 Å². The predicted octanol–water partition coefficient (Wildman–Crippen LogP) is 7.14. The molecular weight excluding hydrogens is 420 g/mol. The van der Waals surface area contributed by atoms with E-state index in [9.17, 15) is 4.79 Å². The van der Waals surface area contributed by atoms with Crippen LogP contribution in [0.5, 0.6) is 11.5 Å². The fourth-order valence-corrected chi connectivity index (χ4v) is 4.31. The highest BCUT2D eigenvalue weighted by Crippen LogP contribution is 2.36. The fourth-order valence-electron chi connectivity index (χ4n) is 4.31. The maximum atomic E-state index is 13.2. The first kappa shape index (κ1) is 23.6. The molecule has 0 spiro atoms. The maximum absolute atomic E-state index is 13.2. The molecule has 4 rings (SSSR count). The Morgan fingerprint density at radius 2 is 1.62 bits per heavy atom. The van der Waals surface area contributed by atoms with Gasteiger partial charge in [0, 0.05) is 42.0 Å². The first-order valence-corrected chi connectivity index (χ1v) is 12.2. The van der Waals surface area contributed by atoms with Crippen LogP contribution in [0.15, 0.2) is 85.1 Å². The van der Waals surface area contributed by atoms with E-state index in [4.69, 9.17) is 4.74 Å². The van der Waals surface area contributed by atoms with Gasteiger partial charge in [0.2, 0.25) is 5.91 Å². The van der Waals surface area contributed by atoms with Crippen molar-refractivity contribution in [1.29, 1.82) is 0 Å². The van der Waals surface area contributed by atoms with Gasteiger partial charge in [-0.3, -0.25) is 4.79 Å². The van der Waals surface area contributed by atoms with Gasteiger partial charge in [-0.15, -0.1) is 0 Å². The van der Waals surface area contributed by atoms with Crippen molar-refractivity contribution in [2.75, 3.05) is 0 Å². The van der Waals surface area contributed by atoms with E-state index in [-0.39, 0.29) is 17.9 Å². The number of nitrogens with one attached hydrogen (secondary N) is 1. The minimum absolute atomic E-state index is 0.0638. The summed E-state index contributed by atoms with van der Waals surface area (Å²) in [6, 6.07) is 26.5. The van der Waals surface area contributed by atoms with Crippen molar-refractivity contribution >= 4 is 16.8 Å². The van der Waals surface area contributed by atoms with Crippen LogP contribution in [0, 0.1) is 5.92 Å². The molecule has 176 valence electrons. The first-order chi connectivity index (χ1) is 16.5. The Balaban J connectivity index is 1.73. The van der Waals surface area contributed by atoms with Crippen LogP contribution >= 0.6 is 0 Å². The largest absolute Gasteiger partial charge is 0.457 e. The molecule has 0 aliphatic heterocycles. The lowest BCUT2D eigenvalue weighted by molar-refractivity contribution is -0.122. The van der Waals surface area contributed by atoms with Gasteiger partial charge in [0.15, 0.2) is 0 Å². The van der Waals surface area contributed by atoms with Gasteiger partial charge < -0.3 is 14.6 Å². The topological polar surface area (TPSA) is 43.3 Å². The van der Waals surface area contributed by atoms with Crippen molar-refractivity contribution in [2.45, 2.75) is 52.6 Å². The Hall–Kier alpha value is -3.53. The normalized spacial score (nSPS) is 13.1. The third kappa shape index (κ3) is 5.33. The van der Waals surface area contributed by atoms with Crippen molar-refractivity contribution in [3.05, 3.63) is 96.2 Å². The average molecular weight is 455 g/mol. The number of aryl methyl sites for hydroxylation is 1. The number of amides is 1. The Morgan fingerprint density at radius 1 is 0.912 bits per heavy atom. The van der Waals surface area contributed by atoms with Crippen LogP contribution in [0.2, 0.25) is 0 Å². The lowest BCUT2D eigenvalue weighted by atomic mass is 9.87. The van der Waals surface area contributed by atoms with Crippen LogP contribution in [0.4, 0.5) is 0 Å². The van der Waals surface area contributed by atoms with Crippen LogP contribution in [0.1, 0.15) is 51.2 Å². The van der Waals surface area contributed by atoms with E-state index in [1.54, 1.807) is 0 Å². The number of ether oxygens (including phenoxy) is 1. The summed E-state index contributed by atoms with van der Waals surface area (Å²) in [5.41, 5.74) is 3.43. The lowest BCUT2D eigenvalue weighted by Crippen LogP contribution is -2.36. The Kier molecular flexibility index (Phi) is 7.36. The van der Waals surface area contributed by atoms with E-state index >= 15 is 0 Å². The van der Waals surface area contributed by atoms with Crippen LogP contribution < -0.4 is 10.1 Å². The highest BCUT2D eigenvalue weighted by molar-refractivity contribution is 5.86. The van der Waals surface area contributed by atoms with Crippen molar-refractivity contribution < 1.29 is 9.53 Å². The van der Waals surface area contributed by atoms with Crippen LogP contribution in [-0.2, 0) is 11.3 Å². The maximum Gasteiger partial charge on any atom is 0.221 e. The molecule has 1 N–H and O–H groups in total. The number of aromatic nitrogens is 1. The molecule has 0 radical (unpaired) electrons. The quantitative estimate of drug-likeness (QED) is 0.292. The zero-order valence-electron chi connectivity index (χ0n) is 20.5. The van der Waals surface area contributed by atoms with Crippen molar-refractivity contribution in [3.8, 4) is 11.5 Å². The lowest BCUT2D eigenvalue weighted by Gasteiger charge is -2.22. The zero-order chi connectivity index (χ0) is 24.1. The van der Waals surface area contributed by atoms with Gasteiger partial charge in [-0.05, 0) is 61.2 Å². The Bertz CT molecular complexity index is 1240. The molecule has 0 saturated carbocycles. The van der Waals surface area contributed by atoms with Gasteiger partial charge in [0.1, 0.15) is 11.5 Å². The first-order valence-electron chi connectivity index (χ1n) is 12.2. The van der Waals surface area contributed by atoms with Crippen molar-refractivity contribution in [2.24, 2.45) is 5.92 Å². The third-order valence-corrected chi connectivity index (χ3v) is 6.55. The van der Waals surface area contributed by atoms with Crippen LogP contribution in [0.3, 0.4) is 0 Å². The van der Waals surface area contributed by atoms with Gasteiger partial charge in [0.05, 0.1) is 0 Å². The van der Waals surface area contributed by atoms with E-state index in [1.807, 2.05) is 42.5 Å². The van der Waals surface area contributed by atoms with Gasteiger partial charge in [-0.25, -0.2) is 0 Å². The van der Waals surface area contributed by atoms with E-state index < -0.39 is 0 Å². The summed E-state index contributed by atoms with van der Waals surface area (Å²) in [6.45, 7) is 9.34. The molecule has 4 heteroatoms. The SMILES string of the molecule is CCn1cc(C(CC(=O)NC(C)C(C)C)c2cccc(Oc3ccccc3)c2)c2ccccc21. The number of carbonyl (C=O) groups excluding carboxylic acids is 1. The molecule has 0 bridgehead atoms. The second-order valence-corrected chi connectivity index (χ2v) is 9.23. The van der Waals surface area contributed by atoms with Crippen LogP contribution in [0.25, 0.3) is 10.9 Å². The molecule has 2 atom stereocenters. The molecule has 4 aromatic rings. The number of rotatable bonds is 9. The molecule has 2 unspecified atom stereocenters. The minimum Gasteiger partial charge on any atom is -0.457 e. The number of carbonyl (C=O) groups is 1. The molecule has 4 nitrogen and oxygen atoms in total. The van der Waals surface area contributed by atoms with Gasteiger partial charge in [-0.1, -0.05) is 62.4 Å². The summed E-state index contributed by atoms with van der Waals surface area (Å²) in [5, 5.41) is 4.38. The summed E-state index contributed by atoms with van der Waals surface area (Å²) in [5.74, 6) is 1.92. The fraction of sp³-hybridized carbons (Fsp3) is 0.300. The van der Waals surface area contributed by atoms with Gasteiger partial charge in [-0.2, -0.15) is 0 Å². The van der Waals surface area contributed by atoms with Gasteiger partial charge in [0.25, 0.3) is 0 Å². The molecule has 0 saturated heterocycles. The Labute approximate surface area is 202 Å². The number of nitrogens with zero attached hydrogens (tertiary/aromatic N) is 1. The highest BCUT2D eigenvalue weighted by Gasteiger charge is 2.24. The monoisotopic (exact) mass is 454 g/mol. The van der Waals surface area contributed by atoms with Crippen LogP contribution in [-0.4, -0.2) is 16.5 Å².